The highest BCUT2D eigenvalue weighted by Crippen LogP contribution is 2.18. The van der Waals surface area contributed by atoms with Crippen LogP contribution in [0.3, 0.4) is 0 Å². The van der Waals surface area contributed by atoms with Gasteiger partial charge >= 0.3 is 17.9 Å². The lowest BCUT2D eigenvalue weighted by Crippen LogP contribution is -2.30. The van der Waals surface area contributed by atoms with Crippen molar-refractivity contribution in [3.63, 3.8) is 0 Å². The average Bonchev–Trinajstić information content (AvgIpc) is 3.47. The van der Waals surface area contributed by atoms with Gasteiger partial charge in [0.15, 0.2) is 6.10 Å². The molecule has 0 fully saturated rings. The average molecular weight is 1140 g/mol. The van der Waals surface area contributed by atoms with E-state index in [0.29, 0.717) is 19.3 Å². The molecule has 0 radical (unpaired) electrons. The lowest BCUT2D eigenvalue weighted by molar-refractivity contribution is -0.167. The molecule has 0 rings (SSSR count). The highest BCUT2D eigenvalue weighted by atomic mass is 16.6. The first-order valence-electron chi connectivity index (χ1n) is 36.1. The summed E-state index contributed by atoms with van der Waals surface area (Å²) >= 11 is 0. The summed E-state index contributed by atoms with van der Waals surface area (Å²) in [7, 11) is 0. The summed E-state index contributed by atoms with van der Waals surface area (Å²) in [5.41, 5.74) is 0. The van der Waals surface area contributed by atoms with Crippen molar-refractivity contribution in [1.82, 2.24) is 0 Å². The van der Waals surface area contributed by atoms with E-state index in [4.69, 9.17) is 14.2 Å². The monoisotopic (exact) mass is 1140 g/mol. The van der Waals surface area contributed by atoms with Crippen LogP contribution in [0, 0.1) is 0 Å². The molecule has 0 aromatic carbocycles. The molecule has 6 heteroatoms. The van der Waals surface area contributed by atoms with E-state index in [1.807, 2.05) is 0 Å². The molecule has 0 aliphatic rings. The number of hydrogen-bond acceptors (Lipinski definition) is 6. The van der Waals surface area contributed by atoms with Gasteiger partial charge in [-0.3, -0.25) is 14.4 Å². The van der Waals surface area contributed by atoms with Gasteiger partial charge < -0.3 is 14.2 Å². The second-order valence-electron chi connectivity index (χ2n) is 24.5. The fourth-order valence-electron chi connectivity index (χ4n) is 10.8. The smallest absolute Gasteiger partial charge is 0.306 e. The quantitative estimate of drug-likeness (QED) is 0.0261. The van der Waals surface area contributed by atoms with Gasteiger partial charge in [0.1, 0.15) is 13.2 Å². The lowest BCUT2D eigenvalue weighted by atomic mass is 10.0. The lowest BCUT2D eigenvalue weighted by Gasteiger charge is -2.18. The van der Waals surface area contributed by atoms with Crippen LogP contribution in [-0.2, 0) is 28.6 Å². The maximum absolute atomic E-state index is 12.9. The summed E-state index contributed by atoms with van der Waals surface area (Å²) in [6, 6.07) is 0. The van der Waals surface area contributed by atoms with Gasteiger partial charge in [0.25, 0.3) is 0 Å². The molecule has 81 heavy (non-hydrogen) atoms. The number of ether oxygens (including phenoxy) is 3. The molecule has 0 amide bonds. The van der Waals surface area contributed by atoms with Gasteiger partial charge in [-0.05, 0) is 96.3 Å². The van der Waals surface area contributed by atoms with E-state index in [2.05, 4.69) is 69.4 Å². The van der Waals surface area contributed by atoms with Crippen molar-refractivity contribution in [2.75, 3.05) is 13.2 Å². The maximum Gasteiger partial charge on any atom is 0.306 e. The molecule has 0 saturated carbocycles. The zero-order chi connectivity index (χ0) is 58.5. The second kappa shape index (κ2) is 69.9. The molecule has 474 valence electrons. The standard InChI is InChI=1S/C75H138O6/c1-4-7-10-13-16-19-22-24-26-28-29-30-31-32-33-34-35-36-37-38-39-40-41-42-43-44-45-47-48-50-53-56-59-62-65-68-74(77)80-71-72(70-79-73(76)67-64-61-58-55-52-21-18-15-12-9-6-3)81-75(78)69-66-63-60-57-54-51-49-46-27-25-23-20-17-14-11-8-5-2/h15,18,22,24-25,27-29,72H,4-14,16-17,19-21,23,26,30-71H2,1-3H3/b18-15-,24-22-,27-25-,29-28-. The molecule has 1 atom stereocenters. The highest BCUT2D eigenvalue weighted by Gasteiger charge is 2.19. The van der Waals surface area contributed by atoms with Crippen molar-refractivity contribution in [2.45, 2.75) is 399 Å². The number of unbranched alkanes of at least 4 members (excludes halogenated alkanes) is 48. The molecule has 0 N–H and O–H groups in total. The van der Waals surface area contributed by atoms with Crippen LogP contribution >= 0.6 is 0 Å². The van der Waals surface area contributed by atoms with Crippen LogP contribution < -0.4 is 0 Å². The van der Waals surface area contributed by atoms with Crippen molar-refractivity contribution in [3.8, 4) is 0 Å². The van der Waals surface area contributed by atoms with E-state index >= 15 is 0 Å². The fourth-order valence-corrected chi connectivity index (χ4v) is 10.8. The molecule has 0 heterocycles. The Hall–Kier alpha value is -2.63. The predicted molar refractivity (Wildman–Crippen MR) is 353 cm³/mol. The van der Waals surface area contributed by atoms with Crippen molar-refractivity contribution in [3.05, 3.63) is 48.6 Å². The first kappa shape index (κ1) is 78.4. The van der Waals surface area contributed by atoms with Gasteiger partial charge in [0.2, 0.25) is 0 Å². The molecule has 1 unspecified atom stereocenters. The molecular formula is C75H138O6. The van der Waals surface area contributed by atoms with Crippen LogP contribution in [0.4, 0.5) is 0 Å². The Morgan fingerprint density at radius 2 is 0.457 bits per heavy atom. The molecule has 0 aromatic heterocycles. The summed E-state index contributed by atoms with van der Waals surface area (Å²) in [5, 5.41) is 0. The van der Waals surface area contributed by atoms with E-state index in [1.165, 1.54) is 283 Å². The maximum atomic E-state index is 12.9. The SMILES string of the molecule is CCCC/C=C\CCCCCCCC(=O)OCC(COC(=O)CCCCCCCCCCCCCCCCCCCCCCCCC/C=C\C/C=C\CCCCCCC)OC(=O)CCCCCCCCC/C=C\CCCCCCCC. The number of hydrogen-bond donors (Lipinski definition) is 0. The number of esters is 3. The van der Waals surface area contributed by atoms with E-state index in [1.54, 1.807) is 0 Å². The minimum Gasteiger partial charge on any atom is -0.462 e. The van der Waals surface area contributed by atoms with Crippen LogP contribution in [0.5, 0.6) is 0 Å². The number of carbonyl (C=O) groups excluding carboxylic acids is 3. The van der Waals surface area contributed by atoms with E-state index in [0.717, 1.165) is 70.6 Å². The highest BCUT2D eigenvalue weighted by molar-refractivity contribution is 5.71. The molecule has 6 nitrogen and oxygen atoms in total. The van der Waals surface area contributed by atoms with Crippen molar-refractivity contribution < 1.29 is 28.6 Å². The van der Waals surface area contributed by atoms with Gasteiger partial charge in [-0.2, -0.15) is 0 Å². The van der Waals surface area contributed by atoms with Gasteiger partial charge in [-0.15, -0.1) is 0 Å². The normalized spacial score (nSPS) is 12.3. The third-order valence-electron chi connectivity index (χ3n) is 16.3. The topological polar surface area (TPSA) is 78.9 Å². The number of carbonyl (C=O) groups is 3. The molecule has 0 aromatic rings. The Morgan fingerprint density at radius 3 is 0.728 bits per heavy atom. The Labute approximate surface area is 505 Å². The summed E-state index contributed by atoms with van der Waals surface area (Å²) < 4.78 is 16.9. The van der Waals surface area contributed by atoms with Gasteiger partial charge in [-0.1, -0.05) is 326 Å². The van der Waals surface area contributed by atoms with Crippen LogP contribution in [0.2, 0.25) is 0 Å². The first-order valence-corrected chi connectivity index (χ1v) is 36.1. The van der Waals surface area contributed by atoms with E-state index in [-0.39, 0.29) is 31.1 Å². The number of allylic oxidation sites excluding steroid dienone is 8. The fraction of sp³-hybridized carbons (Fsp3) is 0.853. The Kier molecular flexibility index (Phi) is 67.6. The molecule has 0 saturated heterocycles. The molecular weight excluding hydrogens is 997 g/mol. The molecule has 0 aliphatic carbocycles. The minimum atomic E-state index is -0.776. The van der Waals surface area contributed by atoms with E-state index < -0.39 is 6.10 Å². The zero-order valence-electron chi connectivity index (χ0n) is 54.6. The van der Waals surface area contributed by atoms with Crippen LogP contribution in [0.1, 0.15) is 393 Å². The molecule has 0 bridgehead atoms. The summed E-state index contributed by atoms with van der Waals surface area (Å²) in [4.78, 5) is 38.3. The van der Waals surface area contributed by atoms with Crippen LogP contribution in [0.25, 0.3) is 0 Å². The van der Waals surface area contributed by atoms with Gasteiger partial charge in [0.05, 0.1) is 0 Å². The van der Waals surface area contributed by atoms with Crippen molar-refractivity contribution in [1.29, 1.82) is 0 Å². The third-order valence-corrected chi connectivity index (χ3v) is 16.3. The summed E-state index contributed by atoms with van der Waals surface area (Å²) in [6.45, 7) is 6.63. The Balaban J connectivity index is 4.04. The van der Waals surface area contributed by atoms with Gasteiger partial charge in [-0.25, -0.2) is 0 Å². The summed E-state index contributed by atoms with van der Waals surface area (Å²) in [6.07, 6.45) is 88.8. The van der Waals surface area contributed by atoms with Crippen LogP contribution in [0.15, 0.2) is 48.6 Å². The molecule has 0 spiro atoms. The first-order chi connectivity index (χ1) is 40.0. The largest absolute Gasteiger partial charge is 0.462 e. The number of rotatable bonds is 67. The van der Waals surface area contributed by atoms with Crippen molar-refractivity contribution in [2.24, 2.45) is 0 Å². The Morgan fingerprint density at radius 1 is 0.247 bits per heavy atom. The zero-order valence-corrected chi connectivity index (χ0v) is 54.6. The van der Waals surface area contributed by atoms with Gasteiger partial charge in [0, 0.05) is 19.3 Å². The van der Waals surface area contributed by atoms with E-state index in [9.17, 15) is 14.4 Å². The second-order valence-corrected chi connectivity index (χ2v) is 24.5. The predicted octanol–water partition coefficient (Wildman–Crippen LogP) is 24.9. The van der Waals surface area contributed by atoms with Crippen molar-refractivity contribution >= 4 is 17.9 Å². The third kappa shape index (κ3) is 68.0. The molecule has 0 aliphatic heterocycles. The minimum absolute atomic E-state index is 0.0729. The Bertz CT molecular complexity index is 1400. The van der Waals surface area contributed by atoms with Crippen LogP contribution in [-0.4, -0.2) is 37.2 Å². The summed E-state index contributed by atoms with van der Waals surface area (Å²) in [5.74, 6) is -0.864.